The Morgan fingerprint density at radius 3 is 2.50 bits per heavy atom. The van der Waals surface area contributed by atoms with Crippen LogP contribution < -0.4 is 5.32 Å². The number of allylic oxidation sites excluding steroid dienone is 2. The minimum Gasteiger partial charge on any atom is -0.493 e. The summed E-state index contributed by atoms with van der Waals surface area (Å²) < 4.78 is 15.7. The van der Waals surface area contributed by atoms with Crippen molar-refractivity contribution in [2.45, 2.75) is 20.3 Å². The van der Waals surface area contributed by atoms with Gasteiger partial charge < -0.3 is 19.5 Å². The van der Waals surface area contributed by atoms with Crippen molar-refractivity contribution in [2.24, 2.45) is 5.41 Å². The summed E-state index contributed by atoms with van der Waals surface area (Å²) >= 11 is 0. The largest absolute Gasteiger partial charge is 0.493 e. The van der Waals surface area contributed by atoms with E-state index in [4.69, 9.17) is 14.2 Å². The molecule has 0 bridgehead atoms. The van der Waals surface area contributed by atoms with E-state index < -0.39 is 5.97 Å². The molecule has 28 heavy (non-hydrogen) atoms. The van der Waals surface area contributed by atoms with Crippen LogP contribution in [0, 0.1) is 5.41 Å². The van der Waals surface area contributed by atoms with E-state index in [0.29, 0.717) is 23.4 Å². The molecule has 1 aliphatic heterocycles. The first-order valence-corrected chi connectivity index (χ1v) is 8.88. The van der Waals surface area contributed by atoms with Crippen LogP contribution in [0.3, 0.4) is 0 Å². The van der Waals surface area contributed by atoms with Crippen molar-refractivity contribution in [3.8, 4) is 0 Å². The van der Waals surface area contributed by atoms with Gasteiger partial charge in [-0.1, -0.05) is 32.0 Å². The van der Waals surface area contributed by atoms with Gasteiger partial charge in [0.2, 0.25) is 0 Å². The molecule has 146 valence electrons. The normalized spacial score (nSPS) is 17.8. The van der Waals surface area contributed by atoms with Crippen LogP contribution in [0.2, 0.25) is 0 Å². The van der Waals surface area contributed by atoms with Crippen LogP contribution in [-0.4, -0.2) is 26.1 Å². The summed E-state index contributed by atoms with van der Waals surface area (Å²) in [6.07, 6.45) is 5.16. The van der Waals surface area contributed by atoms with Crippen molar-refractivity contribution in [1.29, 1.82) is 0 Å². The second-order valence-electron chi connectivity index (χ2n) is 7.18. The maximum Gasteiger partial charge on any atom is 0.332 e. The average Bonchev–Trinajstić information content (AvgIpc) is 2.97. The second-order valence-corrected chi connectivity index (χ2v) is 7.18. The zero-order valence-electron chi connectivity index (χ0n) is 16.4. The topological polar surface area (TPSA) is 73.9 Å². The number of carbonyl (C=O) groups excluding carboxylic acids is 2. The molecule has 0 aromatic heterocycles. The molecule has 1 aliphatic carbocycles. The molecule has 0 atom stereocenters. The van der Waals surface area contributed by atoms with Gasteiger partial charge in [-0.2, -0.15) is 0 Å². The first-order valence-electron chi connectivity index (χ1n) is 8.88. The molecule has 0 saturated heterocycles. The second kappa shape index (κ2) is 7.76. The van der Waals surface area contributed by atoms with Gasteiger partial charge in [0.1, 0.15) is 6.26 Å². The van der Waals surface area contributed by atoms with Crippen LogP contribution in [0.5, 0.6) is 0 Å². The van der Waals surface area contributed by atoms with Crippen LogP contribution >= 0.6 is 0 Å². The summed E-state index contributed by atoms with van der Waals surface area (Å²) in [6, 6.07) is 8.82. The number of esters is 1. The third-order valence-corrected chi connectivity index (χ3v) is 4.75. The number of fused-ring (bicyclic) bond motifs is 1. The Kier molecular flexibility index (Phi) is 5.40. The number of rotatable bonds is 5. The Balaban J connectivity index is 2.11. The van der Waals surface area contributed by atoms with E-state index in [1.807, 2.05) is 19.9 Å². The van der Waals surface area contributed by atoms with Gasteiger partial charge in [-0.05, 0) is 35.1 Å². The molecule has 3 rings (SSSR count). The standard InChI is InChI=1S/C22H23NO5/c1-22(2)11-15-12-28-13-17(26-3)19(15)20(22)16(10-18(24)27-4)23-21(25)14-8-6-5-7-9-14/h5-10,12-13H,11H2,1-4H3,(H,23,25). The molecule has 1 amide bonds. The maximum absolute atomic E-state index is 12.8. The predicted octanol–water partition coefficient (Wildman–Crippen LogP) is 3.60. The average molecular weight is 381 g/mol. The first kappa shape index (κ1) is 19.5. The van der Waals surface area contributed by atoms with Crippen LogP contribution in [0.15, 0.2) is 77.1 Å². The lowest BCUT2D eigenvalue weighted by Crippen LogP contribution is -2.28. The SMILES string of the molecule is COC(=O)C=C(NC(=O)c1ccccc1)C1=C2C(=COC=C2OC)CC1(C)C. The summed E-state index contributed by atoms with van der Waals surface area (Å²) in [5.41, 5.74) is 3.08. The fraction of sp³-hybridized carbons (Fsp3) is 0.273. The van der Waals surface area contributed by atoms with Crippen molar-refractivity contribution < 1.29 is 23.8 Å². The highest BCUT2D eigenvalue weighted by Crippen LogP contribution is 2.51. The number of hydrogen-bond acceptors (Lipinski definition) is 5. The zero-order valence-corrected chi connectivity index (χ0v) is 16.4. The Morgan fingerprint density at radius 1 is 1.14 bits per heavy atom. The van der Waals surface area contributed by atoms with Gasteiger partial charge in [-0.3, -0.25) is 4.79 Å². The molecular weight excluding hydrogens is 358 g/mol. The lowest BCUT2D eigenvalue weighted by molar-refractivity contribution is -0.134. The Morgan fingerprint density at radius 2 is 1.86 bits per heavy atom. The number of nitrogens with one attached hydrogen (secondary N) is 1. The summed E-state index contributed by atoms with van der Waals surface area (Å²) in [4.78, 5) is 24.9. The predicted molar refractivity (Wildman–Crippen MR) is 104 cm³/mol. The molecule has 6 nitrogen and oxygen atoms in total. The number of methoxy groups -OCH3 is 2. The smallest absolute Gasteiger partial charge is 0.332 e. The van der Waals surface area contributed by atoms with Crippen LogP contribution in [-0.2, 0) is 19.0 Å². The van der Waals surface area contributed by atoms with Gasteiger partial charge in [0.05, 0.1) is 26.2 Å². The molecule has 2 aliphatic rings. The highest BCUT2D eigenvalue weighted by molar-refractivity contribution is 5.97. The molecule has 0 radical (unpaired) electrons. The molecule has 6 heteroatoms. The zero-order chi connectivity index (χ0) is 20.3. The summed E-state index contributed by atoms with van der Waals surface area (Å²) in [7, 11) is 2.85. The number of ether oxygens (including phenoxy) is 3. The Labute approximate surface area is 164 Å². The van der Waals surface area contributed by atoms with E-state index >= 15 is 0 Å². The lowest BCUT2D eigenvalue weighted by Gasteiger charge is -2.25. The van der Waals surface area contributed by atoms with E-state index in [-0.39, 0.29) is 11.3 Å². The highest BCUT2D eigenvalue weighted by atomic mass is 16.5. The van der Waals surface area contributed by atoms with E-state index in [2.05, 4.69) is 5.32 Å². The Bertz CT molecular complexity index is 920. The molecular formula is C22H23NO5. The molecule has 1 heterocycles. The quantitative estimate of drug-likeness (QED) is 0.623. The molecule has 0 saturated carbocycles. The van der Waals surface area contributed by atoms with E-state index in [1.54, 1.807) is 37.6 Å². The van der Waals surface area contributed by atoms with Gasteiger partial charge in [-0.15, -0.1) is 0 Å². The first-order chi connectivity index (χ1) is 13.4. The van der Waals surface area contributed by atoms with Crippen molar-refractivity contribution in [3.05, 3.63) is 82.7 Å². The van der Waals surface area contributed by atoms with Crippen molar-refractivity contribution in [2.75, 3.05) is 14.2 Å². The van der Waals surface area contributed by atoms with Crippen molar-refractivity contribution in [3.63, 3.8) is 0 Å². The maximum atomic E-state index is 12.8. The Hall–Kier alpha value is -3.28. The minimum atomic E-state index is -0.556. The molecule has 0 spiro atoms. The number of amides is 1. The van der Waals surface area contributed by atoms with Gasteiger partial charge in [0.15, 0.2) is 5.76 Å². The van der Waals surface area contributed by atoms with E-state index in [1.165, 1.54) is 19.4 Å². The van der Waals surface area contributed by atoms with Crippen molar-refractivity contribution in [1.82, 2.24) is 5.32 Å². The number of hydrogen-bond donors (Lipinski definition) is 1. The van der Waals surface area contributed by atoms with Crippen LogP contribution in [0.25, 0.3) is 0 Å². The van der Waals surface area contributed by atoms with E-state index in [9.17, 15) is 9.59 Å². The summed E-state index contributed by atoms with van der Waals surface area (Å²) in [5.74, 6) is -0.324. The molecule has 0 fully saturated rings. The monoisotopic (exact) mass is 381 g/mol. The molecule has 0 unspecified atom stereocenters. The fourth-order valence-electron chi connectivity index (χ4n) is 3.55. The number of benzene rings is 1. The van der Waals surface area contributed by atoms with Crippen LogP contribution in [0.1, 0.15) is 30.6 Å². The van der Waals surface area contributed by atoms with Gasteiger partial charge in [0.25, 0.3) is 5.91 Å². The third-order valence-electron chi connectivity index (χ3n) is 4.75. The number of carbonyl (C=O) groups is 2. The van der Waals surface area contributed by atoms with Gasteiger partial charge in [0, 0.05) is 17.2 Å². The van der Waals surface area contributed by atoms with Crippen molar-refractivity contribution >= 4 is 11.9 Å². The molecule has 1 N–H and O–H groups in total. The summed E-state index contributed by atoms with van der Waals surface area (Å²) in [5, 5.41) is 2.89. The van der Waals surface area contributed by atoms with Gasteiger partial charge in [-0.25, -0.2) is 4.79 Å². The molecule has 1 aromatic rings. The lowest BCUT2D eigenvalue weighted by atomic mass is 9.83. The summed E-state index contributed by atoms with van der Waals surface area (Å²) in [6.45, 7) is 4.09. The third kappa shape index (κ3) is 3.71. The highest BCUT2D eigenvalue weighted by Gasteiger charge is 2.41. The van der Waals surface area contributed by atoms with Gasteiger partial charge >= 0.3 is 5.97 Å². The minimum absolute atomic E-state index is 0.313. The van der Waals surface area contributed by atoms with Crippen LogP contribution in [0.4, 0.5) is 0 Å². The van der Waals surface area contributed by atoms with E-state index in [0.717, 1.165) is 16.7 Å². The molecule has 1 aromatic carbocycles. The fourth-order valence-corrected chi connectivity index (χ4v) is 3.55.